The minimum Gasteiger partial charge on any atom is -0.464 e. The summed E-state index contributed by atoms with van der Waals surface area (Å²) in [6, 6.07) is 0. The molecule has 0 spiro atoms. The van der Waals surface area contributed by atoms with Gasteiger partial charge >= 0.3 is 5.97 Å². The Hall–Kier alpha value is -0.570. The highest BCUT2D eigenvalue weighted by Gasteiger charge is 2.43. The molecule has 0 aromatic heterocycles. The molecule has 0 bridgehead atoms. The summed E-state index contributed by atoms with van der Waals surface area (Å²) in [5.74, 6) is -0.431. The summed E-state index contributed by atoms with van der Waals surface area (Å²) < 4.78 is 4.92. The molecule has 94 valence electrons. The van der Waals surface area contributed by atoms with Gasteiger partial charge in [0.15, 0.2) is 5.60 Å². The molecule has 0 aromatic rings. The average Bonchev–Trinajstić information content (AvgIpc) is 2.17. The van der Waals surface area contributed by atoms with Crippen LogP contribution >= 0.6 is 0 Å². The Labute approximate surface area is 98.2 Å². The molecule has 16 heavy (non-hydrogen) atoms. The van der Waals surface area contributed by atoms with Gasteiger partial charge in [0.05, 0.1) is 6.61 Å². The van der Waals surface area contributed by atoms with Crippen molar-refractivity contribution < 1.29 is 14.6 Å². The van der Waals surface area contributed by atoms with Gasteiger partial charge in [-0.3, -0.25) is 0 Å². The van der Waals surface area contributed by atoms with Crippen LogP contribution < -0.4 is 0 Å². The molecule has 1 aliphatic carbocycles. The average molecular weight is 228 g/mol. The Balaban J connectivity index is 2.61. The molecule has 1 atom stereocenters. The lowest BCUT2D eigenvalue weighted by Gasteiger charge is -2.39. The SMILES string of the molecule is CCOC(=O)C(C)(O)C1CCC(C)(C)CC1. The Morgan fingerprint density at radius 3 is 2.38 bits per heavy atom. The predicted octanol–water partition coefficient (Wildman–Crippen LogP) is 2.52. The third-order valence-electron chi connectivity index (χ3n) is 3.82. The maximum Gasteiger partial charge on any atom is 0.338 e. The van der Waals surface area contributed by atoms with Crippen LogP contribution in [-0.2, 0) is 9.53 Å². The lowest BCUT2D eigenvalue weighted by atomic mass is 9.68. The third-order valence-corrected chi connectivity index (χ3v) is 3.82. The van der Waals surface area contributed by atoms with Gasteiger partial charge in [0.25, 0.3) is 0 Å². The van der Waals surface area contributed by atoms with E-state index in [1.54, 1.807) is 13.8 Å². The summed E-state index contributed by atoms with van der Waals surface area (Å²) in [5.41, 5.74) is -0.965. The number of carbonyl (C=O) groups is 1. The first-order valence-electron chi connectivity index (χ1n) is 6.19. The van der Waals surface area contributed by atoms with Gasteiger partial charge in [0.2, 0.25) is 0 Å². The van der Waals surface area contributed by atoms with Crippen molar-refractivity contribution in [3.8, 4) is 0 Å². The first-order valence-corrected chi connectivity index (χ1v) is 6.19. The number of hydrogen-bond donors (Lipinski definition) is 1. The number of carbonyl (C=O) groups excluding carboxylic acids is 1. The second-order valence-corrected chi connectivity index (χ2v) is 5.81. The van der Waals surface area contributed by atoms with E-state index in [0.29, 0.717) is 12.0 Å². The Kier molecular flexibility index (Phi) is 4.00. The molecule has 0 amide bonds. The van der Waals surface area contributed by atoms with E-state index >= 15 is 0 Å². The maximum absolute atomic E-state index is 11.7. The third kappa shape index (κ3) is 2.97. The summed E-state index contributed by atoms with van der Waals surface area (Å²) >= 11 is 0. The second-order valence-electron chi connectivity index (χ2n) is 5.81. The largest absolute Gasteiger partial charge is 0.464 e. The molecule has 0 heterocycles. The molecule has 1 aliphatic rings. The lowest BCUT2D eigenvalue weighted by Crippen LogP contribution is -2.46. The fraction of sp³-hybridized carbons (Fsp3) is 0.923. The van der Waals surface area contributed by atoms with Crippen LogP contribution in [0, 0.1) is 11.3 Å². The molecule has 0 aliphatic heterocycles. The minimum atomic E-state index is -1.31. The van der Waals surface area contributed by atoms with Gasteiger partial charge in [-0.1, -0.05) is 13.8 Å². The van der Waals surface area contributed by atoms with Crippen molar-refractivity contribution in [2.24, 2.45) is 11.3 Å². The van der Waals surface area contributed by atoms with Crippen molar-refractivity contribution in [1.82, 2.24) is 0 Å². The van der Waals surface area contributed by atoms with Crippen molar-refractivity contribution >= 4 is 5.97 Å². The van der Waals surface area contributed by atoms with Crippen LogP contribution in [0.3, 0.4) is 0 Å². The smallest absolute Gasteiger partial charge is 0.338 e. The Morgan fingerprint density at radius 2 is 1.94 bits per heavy atom. The van der Waals surface area contributed by atoms with Gasteiger partial charge in [-0.15, -0.1) is 0 Å². The molecule has 0 saturated heterocycles. The van der Waals surface area contributed by atoms with E-state index in [1.807, 2.05) is 0 Å². The second kappa shape index (κ2) is 4.74. The fourth-order valence-corrected chi connectivity index (χ4v) is 2.41. The monoisotopic (exact) mass is 228 g/mol. The van der Waals surface area contributed by atoms with Crippen LogP contribution in [0.15, 0.2) is 0 Å². The highest BCUT2D eigenvalue weighted by Crippen LogP contribution is 2.42. The van der Waals surface area contributed by atoms with E-state index in [2.05, 4.69) is 13.8 Å². The summed E-state index contributed by atoms with van der Waals surface area (Å²) in [5, 5.41) is 10.2. The Bertz CT molecular complexity index is 246. The summed E-state index contributed by atoms with van der Waals surface area (Å²) in [6.45, 7) is 8.16. The number of esters is 1. The fourth-order valence-electron chi connectivity index (χ4n) is 2.41. The van der Waals surface area contributed by atoms with Crippen LogP contribution in [0.4, 0.5) is 0 Å². The molecule has 3 heteroatoms. The van der Waals surface area contributed by atoms with Gasteiger partial charge in [-0.2, -0.15) is 0 Å². The van der Waals surface area contributed by atoms with Gasteiger partial charge in [0, 0.05) is 0 Å². The summed E-state index contributed by atoms with van der Waals surface area (Å²) in [6.07, 6.45) is 3.93. The van der Waals surface area contributed by atoms with Crippen LogP contribution in [0.25, 0.3) is 0 Å². The zero-order valence-electron chi connectivity index (χ0n) is 10.9. The number of ether oxygens (including phenoxy) is 1. The van der Waals surface area contributed by atoms with Gasteiger partial charge in [0.1, 0.15) is 0 Å². The molecular formula is C13H24O3. The van der Waals surface area contributed by atoms with Crippen molar-refractivity contribution in [3.63, 3.8) is 0 Å². The number of hydrogen-bond acceptors (Lipinski definition) is 3. The molecule has 1 unspecified atom stereocenters. The topological polar surface area (TPSA) is 46.5 Å². The molecule has 1 N–H and O–H groups in total. The van der Waals surface area contributed by atoms with Crippen molar-refractivity contribution in [2.45, 2.75) is 59.0 Å². The standard InChI is InChI=1S/C13H24O3/c1-5-16-11(14)13(4,15)10-6-8-12(2,3)9-7-10/h10,15H,5-9H2,1-4H3. The van der Waals surface area contributed by atoms with Crippen LogP contribution in [0.5, 0.6) is 0 Å². The first kappa shape index (κ1) is 13.5. The molecule has 3 nitrogen and oxygen atoms in total. The van der Waals surface area contributed by atoms with Crippen molar-refractivity contribution in [1.29, 1.82) is 0 Å². The highest BCUT2D eigenvalue weighted by atomic mass is 16.5. The first-order chi connectivity index (χ1) is 7.29. The van der Waals surface area contributed by atoms with E-state index in [1.165, 1.54) is 0 Å². The van der Waals surface area contributed by atoms with E-state index < -0.39 is 11.6 Å². The van der Waals surface area contributed by atoms with Gasteiger partial charge in [-0.25, -0.2) is 4.79 Å². The van der Waals surface area contributed by atoms with E-state index in [-0.39, 0.29) is 5.92 Å². The van der Waals surface area contributed by atoms with E-state index in [4.69, 9.17) is 4.74 Å². The number of rotatable bonds is 3. The minimum absolute atomic E-state index is 0.0413. The molecule has 0 radical (unpaired) electrons. The van der Waals surface area contributed by atoms with Crippen LogP contribution in [0.2, 0.25) is 0 Å². The molecule has 0 aromatic carbocycles. The Morgan fingerprint density at radius 1 is 1.44 bits per heavy atom. The predicted molar refractivity (Wildman–Crippen MR) is 63.0 cm³/mol. The van der Waals surface area contributed by atoms with Crippen molar-refractivity contribution in [2.75, 3.05) is 6.61 Å². The molecule has 1 rings (SSSR count). The zero-order chi connectivity index (χ0) is 12.4. The maximum atomic E-state index is 11.7. The van der Waals surface area contributed by atoms with Crippen LogP contribution in [-0.4, -0.2) is 23.3 Å². The van der Waals surface area contributed by atoms with Crippen LogP contribution in [0.1, 0.15) is 53.4 Å². The zero-order valence-corrected chi connectivity index (χ0v) is 10.9. The summed E-state index contributed by atoms with van der Waals surface area (Å²) in [7, 11) is 0. The summed E-state index contributed by atoms with van der Waals surface area (Å²) in [4.78, 5) is 11.7. The lowest BCUT2D eigenvalue weighted by molar-refractivity contribution is -0.171. The number of aliphatic hydroxyl groups is 1. The van der Waals surface area contributed by atoms with E-state index in [0.717, 1.165) is 25.7 Å². The van der Waals surface area contributed by atoms with E-state index in [9.17, 15) is 9.90 Å². The molecule has 1 fully saturated rings. The molecule has 1 saturated carbocycles. The van der Waals surface area contributed by atoms with Gasteiger partial charge in [-0.05, 0) is 50.9 Å². The normalized spacial score (nSPS) is 24.8. The van der Waals surface area contributed by atoms with Crippen molar-refractivity contribution in [3.05, 3.63) is 0 Å². The highest BCUT2D eigenvalue weighted by molar-refractivity contribution is 5.79. The quantitative estimate of drug-likeness (QED) is 0.755. The van der Waals surface area contributed by atoms with Gasteiger partial charge < -0.3 is 9.84 Å². The molecular weight excluding hydrogens is 204 g/mol.